The average molecular weight is 377 g/mol. The summed E-state index contributed by atoms with van der Waals surface area (Å²) < 4.78 is 11.0. The number of rotatable bonds is 6. The van der Waals surface area contributed by atoms with E-state index in [2.05, 4.69) is 10.1 Å². The Hall–Kier alpha value is -3.15. The highest BCUT2D eigenvalue weighted by Crippen LogP contribution is 2.26. The molecule has 4 rings (SSSR count). The van der Waals surface area contributed by atoms with Gasteiger partial charge in [0.05, 0.1) is 6.42 Å². The number of likely N-dealkylation sites (tertiary alicyclic amines) is 1. The highest BCUT2D eigenvalue weighted by atomic mass is 16.5. The number of carbonyl (C=O) groups is 1. The molecule has 6 nitrogen and oxygen atoms in total. The van der Waals surface area contributed by atoms with Crippen LogP contribution in [0.2, 0.25) is 0 Å². The molecule has 1 saturated heterocycles. The molecule has 0 spiro atoms. The predicted molar refractivity (Wildman–Crippen MR) is 104 cm³/mol. The number of nitrogens with zero attached hydrogens (tertiary/aromatic N) is 3. The second kappa shape index (κ2) is 8.25. The maximum absolute atomic E-state index is 12.5. The number of hydrogen-bond donors (Lipinski definition) is 0. The number of carbonyl (C=O) groups excluding carboxylic acids is 1. The average Bonchev–Trinajstić information content (AvgIpc) is 3.38. The Morgan fingerprint density at radius 2 is 1.96 bits per heavy atom. The first-order valence-corrected chi connectivity index (χ1v) is 9.51. The van der Waals surface area contributed by atoms with Crippen LogP contribution in [-0.4, -0.2) is 34.0 Å². The summed E-state index contributed by atoms with van der Waals surface area (Å²) in [6.45, 7) is 3.62. The number of aryl methyl sites for hydroxylation is 1. The van der Waals surface area contributed by atoms with Gasteiger partial charge in [-0.2, -0.15) is 4.98 Å². The van der Waals surface area contributed by atoms with E-state index in [-0.39, 0.29) is 18.4 Å². The summed E-state index contributed by atoms with van der Waals surface area (Å²) in [4.78, 5) is 18.9. The minimum absolute atomic E-state index is 0.108. The van der Waals surface area contributed by atoms with E-state index in [9.17, 15) is 4.79 Å². The molecule has 2 heterocycles. The maximum Gasteiger partial charge on any atom is 0.264 e. The smallest absolute Gasteiger partial charge is 0.264 e. The molecule has 1 fully saturated rings. The van der Waals surface area contributed by atoms with Gasteiger partial charge in [0, 0.05) is 19.0 Å². The van der Waals surface area contributed by atoms with Gasteiger partial charge in [-0.3, -0.25) is 4.79 Å². The molecule has 0 N–H and O–H groups in total. The van der Waals surface area contributed by atoms with Crippen molar-refractivity contribution < 1.29 is 14.1 Å². The first kappa shape index (κ1) is 18.2. The Bertz CT molecular complexity index is 922. The molecule has 0 saturated carbocycles. The molecule has 1 aliphatic heterocycles. The molecule has 0 bridgehead atoms. The van der Waals surface area contributed by atoms with E-state index in [1.54, 1.807) is 0 Å². The van der Waals surface area contributed by atoms with E-state index in [0.29, 0.717) is 24.7 Å². The van der Waals surface area contributed by atoms with Gasteiger partial charge in [-0.15, -0.1) is 0 Å². The van der Waals surface area contributed by atoms with E-state index in [1.807, 2.05) is 66.4 Å². The normalized spacial score (nSPS) is 16.3. The van der Waals surface area contributed by atoms with E-state index >= 15 is 0 Å². The van der Waals surface area contributed by atoms with Gasteiger partial charge >= 0.3 is 0 Å². The maximum atomic E-state index is 12.5. The van der Waals surface area contributed by atoms with Crippen molar-refractivity contribution in [3.8, 4) is 5.75 Å². The van der Waals surface area contributed by atoms with E-state index in [4.69, 9.17) is 9.26 Å². The zero-order valence-corrected chi connectivity index (χ0v) is 15.9. The van der Waals surface area contributed by atoms with Gasteiger partial charge in [0.1, 0.15) is 5.75 Å². The van der Waals surface area contributed by atoms with Crippen LogP contribution in [-0.2, 0) is 17.8 Å². The van der Waals surface area contributed by atoms with Crippen LogP contribution in [0.3, 0.4) is 0 Å². The highest BCUT2D eigenvalue weighted by Gasteiger charge is 2.30. The standard InChI is InChI=1S/C22H23N3O3/c1-16-7-9-19(10-8-16)27-15-20-23-22(24-28-20)18-11-12-25(14-18)21(26)13-17-5-3-2-4-6-17/h2-10,18H,11-15H2,1H3. The van der Waals surface area contributed by atoms with Gasteiger partial charge in [0.25, 0.3) is 5.89 Å². The van der Waals surface area contributed by atoms with Crippen LogP contribution in [0.1, 0.15) is 35.2 Å². The molecule has 28 heavy (non-hydrogen) atoms. The number of amides is 1. The fraction of sp³-hybridized carbons (Fsp3) is 0.318. The van der Waals surface area contributed by atoms with Crippen LogP contribution in [0.25, 0.3) is 0 Å². The predicted octanol–water partition coefficient (Wildman–Crippen LogP) is 3.52. The fourth-order valence-electron chi connectivity index (χ4n) is 3.35. The van der Waals surface area contributed by atoms with Gasteiger partial charge < -0.3 is 14.2 Å². The molecule has 3 aromatic rings. The zero-order chi connectivity index (χ0) is 19.3. The van der Waals surface area contributed by atoms with Gasteiger partial charge in [-0.25, -0.2) is 0 Å². The summed E-state index contributed by atoms with van der Waals surface area (Å²) in [7, 11) is 0. The summed E-state index contributed by atoms with van der Waals surface area (Å²) in [5.74, 6) is 2.11. The largest absolute Gasteiger partial charge is 0.484 e. The molecule has 0 aliphatic carbocycles. The van der Waals surface area contributed by atoms with Crippen LogP contribution in [0.5, 0.6) is 5.75 Å². The van der Waals surface area contributed by atoms with Crippen molar-refractivity contribution in [3.63, 3.8) is 0 Å². The molecular weight excluding hydrogens is 354 g/mol. The molecule has 0 radical (unpaired) electrons. The first-order chi connectivity index (χ1) is 13.7. The summed E-state index contributed by atoms with van der Waals surface area (Å²) >= 11 is 0. The van der Waals surface area contributed by atoms with Gasteiger partial charge in [-0.05, 0) is 31.0 Å². The van der Waals surface area contributed by atoms with Crippen molar-refractivity contribution in [1.29, 1.82) is 0 Å². The molecule has 2 aromatic carbocycles. The molecule has 1 atom stereocenters. The van der Waals surface area contributed by atoms with Crippen molar-refractivity contribution in [2.75, 3.05) is 13.1 Å². The van der Waals surface area contributed by atoms with Crippen LogP contribution < -0.4 is 4.74 Å². The molecule has 144 valence electrons. The minimum Gasteiger partial charge on any atom is -0.484 e. The first-order valence-electron chi connectivity index (χ1n) is 9.51. The Balaban J connectivity index is 1.30. The molecule has 6 heteroatoms. The number of benzene rings is 2. The van der Waals surface area contributed by atoms with Crippen molar-refractivity contribution in [1.82, 2.24) is 15.0 Å². The SMILES string of the molecule is Cc1ccc(OCc2nc(C3CCN(C(=O)Cc4ccccc4)C3)no2)cc1. The highest BCUT2D eigenvalue weighted by molar-refractivity contribution is 5.79. The summed E-state index contributed by atoms with van der Waals surface area (Å²) in [6, 6.07) is 17.6. The van der Waals surface area contributed by atoms with Crippen LogP contribution >= 0.6 is 0 Å². The minimum atomic E-state index is 0.108. The summed E-state index contributed by atoms with van der Waals surface area (Å²) in [6.07, 6.45) is 1.27. The van der Waals surface area contributed by atoms with Gasteiger partial charge in [0.15, 0.2) is 12.4 Å². The lowest BCUT2D eigenvalue weighted by molar-refractivity contribution is -0.129. The van der Waals surface area contributed by atoms with E-state index < -0.39 is 0 Å². The number of ether oxygens (including phenoxy) is 1. The second-order valence-electron chi connectivity index (χ2n) is 7.14. The summed E-state index contributed by atoms with van der Waals surface area (Å²) in [5.41, 5.74) is 2.21. The van der Waals surface area contributed by atoms with E-state index in [1.165, 1.54) is 5.56 Å². The lowest BCUT2D eigenvalue weighted by Crippen LogP contribution is -2.29. The lowest BCUT2D eigenvalue weighted by atomic mass is 10.1. The fourth-order valence-corrected chi connectivity index (χ4v) is 3.35. The third-order valence-electron chi connectivity index (χ3n) is 4.97. The second-order valence-corrected chi connectivity index (χ2v) is 7.14. The number of aromatic nitrogens is 2. The Labute approximate surface area is 164 Å². The molecule has 1 amide bonds. The quantitative estimate of drug-likeness (QED) is 0.657. The Morgan fingerprint density at radius 3 is 2.75 bits per heavy atom. The topological polar surface area (TPSA) is 68.5 Å². The third kappa shape index (κ3) is 4.39. The van der Waals surface area contributed by atoms with E-state index in [0.717, 1.165) is 24.3 Å². The molecule has 1 unspecified atom stereocenters. The van der Waals surface area contributed by atoms with Crippen molar-refractivity contribution in [2.24, 2.45) is 0 Å². The zero-order valence-electron chi connectivity index (χ0n) is 15.9. The Morgan fingerprint density at radius 1 is 1.18 bits per heavy atom. The van der Waals surface area contributed by atoms with Crippen LogP contribution in [0, 0.1) is 6.92 Å². The van der Waals surface area contributed by atoms with Crippen molar-refractivity contribution >= 4 is 5.91 Å². The monoisotopic (exact) mass is 377 g/mol. The van der Waals surface area contributed by atoms with Gasteiger partial charge in [0.2, 0.25) is 5.91 Å². The Kier molecular flexibility index (Phi) is 5.37. The third-order valence-corrected chi connectivity index (χ3v) is 4.97. The van der Waals surface area contributed by atoms with Crippen molar-refractivity contribution in [2.45, 2.75) is 32.3 Å². The van der Waals surface area contributed by atoms with Crippen LogP contribution in [0.15, 0.2) is 59.1 Å². The molecule has 1 aromatic heterocycles. The molecular formula is C22H23N3O3. The van der Waals surface area contributed by atoms with Crippen molar-refractivity contribution in [3.05, 3.63) is 77.4 Å². The van der Waals surface area contributed by atoms with Gasteiger partial charge in [-0.1, -0.05) is 53.2 Å². The number of hydrogen-bond acceptors (Lipinski definition) is 5. The van der Waals surface area contributed by atoms with Crippen LogP contribution in [0.4, 0.5) is 0 Å². The lowest BCUT2D eigenvalue weighted by Gasteiger charge is -2.15. The molecule has 1 aliphatic rings. The summed E-state index contributed by atoms with van der Waals surface area (Å²) in [5, 5.41) is 4.10.